The molecule has 1 aliphatic rings. The van der Waals surface area contributed by atoms with E-state index in [1.165, 1.54) is 48.6 Å². The highest BCUT2D eigenvalue weighted by Crippen LogP contribution is 2.27. The summed E-state index contributed by atoms with van der Waals surface area (Å²) in [6.45, 7) is 2.07. The summed E-state index contributed by atoms with van der Waals surface area (Å²) >= 11 is 0. The average molecular weight is 263 g/mol. The zero-order valence-corrected chi connectivity index (χ0v) is 11.3. The normalized spacial score (nSPS) is 17.3. The number of nitrogen functional groups attached to an aromatic ring is 1. The molecule has 2 rings (SSSR count). The Balaban J connectivity index is 1.93. The highest BCUT2D eigenvalue weighted by Gasteiger charge is 2.22. The van der Waals surface area contributed by atoms with E-state index in [1.54, 1.807) is 0 Å². The number of aromatic nitrogens is 1. The van der Waals surface area contributed by atoms with Crippen molar-refractivity contribution >= 4 is 11.6 Å². The van der Waals surface area contributed by atoms with Crippen molar-refractivity contribution in [1.82, 2.24) is 9.88 Å². The van der Waals surface area contributed by atoms with Crippen LogP contribution in [-0.2, 0) is 11.3 Å². The van der Waals surface area contributed by atoms with E-state index in [0.717, 1.165) is 0 Å². The molecule has 19 heavy (non-hydrogen) atoms. The van der Waals surface area contributed by atoms with Crippen LogP contribution >= 0.6 is 0 Å². The summed E-state index contributed by atoms with van der Waals surface area (Å²) in [6.07, 6.45) is 6.36. The van der Waals surface area contributed by atoms with E-state index in [1.807, 2.05) is 6.92 Å². The molecule has 1 saturated carbocycles. The van der Waals surface area contributed by atoms with E-state index in [2.05, 4.69) is 5.32 Å². The third kappa shape index (κ3) is 3.59. The van der Waals surface area contributed by atoms with E-state index >= 15 is 0 Å². The van der Waals surface area contributed by atoms with Gasteiger partial charge in [0.05, 0.1) is 0 Å². The van der Waals surface area contributed by atoms with Gasteiger partial charge in [-0.25, -0.2) is 0 Å². The quantitative estimate of drug-likeness (QED) is 0.854. The summed E-state index contributed by atoms with van der Waals surface area (Å²) in [6, 6.07) is 3.09. The highest BCUT2D eigenvalue weighted by atomic mass is 16.2. The van der Waals surface area contributed by atoms with Crippen molar-refractivity contribution in [3.8, 4) is 0 Å². The molecule has 3 N–H and O–H groups in total. The number of hydrogen-bond acceptors (Lipinski definition) is 3. The maximum absolute atomic E-state index is 11.9. The molecule has 1 aromatic heterocycles. The summed E-state index contributed by atoms with van der Waals surface area (Å²) < 4.78 is 1.34. The summed E-state index contributed by atoms with van der Waals surface area (Å²) in [5, 5.41) is 2.98. The first-order chi connectivity index (χ1) is 9.06. The zero-order valence-electron chi connectivity index (χ0n) is 11.3. The second-order valence-electron chi connectivity index (χ2n) is 5.33. The number of rotatable bonds is 4. The van der Waals surface area contributed by atoms with Gasteiger partial charge in [0.2, 0.25) is 5.91 Å². The lowest BCUT2D eigenvalue weighted by molar-refractivity contribution is -0.122. The van der Waals surface area contributed by atoms with Crippen LogP contribution in [-0.4, -0.2) is 16.5 Å². The third-order valence-corrected chi connectivity index (χ3v) is 3.82. The molecule has 1 aromatic rings. The lowest BCUT2D eigenvalue weighted by Gasteiger charge is -2.20. The zero-order chi connectivity index (χ0) is 13.8. The first-order valence-corrected chi connectivity index (χ1v) is 6.81. The van der Waals surface area contributed by atoms with Crippen LogP contribution < -0.4 is 16.6 Å². The van der Waals surface area contributed by atoms with Crippen LogP contribution in [0.4, 0.5) is 5.69 Å². The number of carbonyl (C=O) groups excluding carboxylic acids is 1. The van der Waals surface area contributed by atoms with Gasteiger partial charge in [0.15, 0.2) is 0 Å². The molecule has 0 saturated heterocycles. The fraction of sp³-hybridized carbons (Fsp3) is 0.571. The average Bonchev–Trinajstić information content (AvgIpc) is 2.87. The van der Waals surface area contributed by atoms with Crippen molar-refractivity contribution in [2.45, 2.75) is 45.2 Å². The van der Waals surface area contributed by atoms with E-state index in [0.29, 0.717) is 11.6 Å². The molecular weight excluding hydrogens is 242 g/mol. The number of amides is 1. The molecule has 1 unspecified atom stereocenters. The minimum atomic E-state index is -0.210. The Hall–Kier alpha value is -1.78. The van der Waals surface area contributed by atoms with Crippen LogP contribution in [0.2, 0.25) is 0 Å². The first kappa shape index (κ1) is 13.6. The van der Waals surface area contributed by atoms with Crippen LogP contribution in [0.25, 0.3) is 0 Å². The number of carbonyl (C=O) groups is 1. The Labute approximate surface area is 112 Å². The van der Waals surface area contributed by atoms with Crippen LogP contribution in [0.15, 0.2) is 23.1 Å². The minimum absolute atomic E-state index is 0.0287. The number of hydrogen-bond donors (Lipinski definition) is 2. The molecule has 1 amide bonds. The fourth-order valence-corrected chi connectivity index (χ4v) is 2.70. The topological polar surface area (TPSA) is 77.1 Å². The van der Waals surface area contributed by atoms with Gasteiger partial charge in [0, 0.05) is 24.0 Å². The second-order valence-corrected chi connectivity index (χ2v) is 5.33. The highest BCUT2D eigenvalue weighted by molar-refractivity contribution is 5.76. The van der Waals surface area contributed by atoms with Crippen molar-refractivity contribution in [2.24, 2.45) is 5.92 Å². The first-order valence-electron chi connectivity index (χ1n) is 6.81. The van der Waals surface area contributed by atoms with E-state index in [9.17, 15) is 9.59 Å². The smallest absolute Gasteiger partial charge is 0.251 e. The van der Waals surface area contributed by atoms with Crippen molar-refractivity contribution in [3.05, 3.63) is 28.7 Å². The van der Waals surface area contributed by atoms with Gasteiger partial charge in [-0.1, -0.05) is 12.8 Å². The molecule has 0 spiro atoms. The van der Waals surface area contributed by atoms with Gasteiger partial charge >= 0.3 is 0 Å². The largest absolute Gasteiger partial charge is 0.398 e. The van der Waals surface area contributed by atoms with Crippen molar-refractivity contribution in [1.29, 1.82) is 0 Å². The number of nitrogens with two attached hydrogens (primary N) is 1. The van der Waals surface area contributed by atoms with Crippen LogP contribution in [0.3, 0.4) is 0 Å². The monoisotopic (exact) mass is 263 g/mol. The number of anilines is 1. The molecule has 1 fully saturated rings. The van der Waals surface area contributed by atoms with Gasteiger partial charge in [0.1, 0.15) is 6.54 Å². The molecular formula is C14H21N3O2. The van der Waals surface area contributed by atoms with Crippen LogP contribution in [0.1, 0.15) is 32.6 Å². The third-order valence-electron chi connectivity index (χ3n) is 3.82. The summed E-state index contributed by atoms with van der Waals surface area (Å²) in [5.74, 6) is 0.439. The lowest BCUT2D eigenvalue weighted by Crippen LogP contribution is -2.40. The van der Waals surface area contributed by atoms with E-state index in [4.69, 9.17) is 5.73 Å². The maximum Gasteiger partial charge on any atom is 0.251 e. The predicted molar refractivity (Wildman–Crippen MR) is 74.7 cm³/mol. The molecule has 0 bridgehead atoms. The Bertz CT molecular complexity index is 504. The van der Waals surface area contributed by atoms with E-state index < -0.39 is 0 Å². The molecule has 0 aliphatic heterocycles. The van der Waals surface area contributed by atoms with E-state index in [-0.39, 0.29) is 24.1 Å². The Morgan fingerprint density at radius 3 is 2.84 bits per heavy atom. The standard InChI is InChI=1S/C14H21N3O2/c1-10(11-4-2-3-5-11)16-13(18)9-17-8-12(15)6-7-14(17)19/h6-8,10-11H,2-5,9,15H2,1H3,(H,16,18). The molecule has 1 atom stereocenters. The molecule has 0 aromatic carbocycles. The van der Waals surface area contributed by atoms with Gasteiger partial charge in [0.25, 0.3) is 5.56 Å². The summed E-state index contributed by atoms with van der Waals surface area (Å²) in [4.78, 5) is 23.5. The van der Waals surface area contributed by atoms with Gasteiger partial charge in [-0.3, -0.25) is 9.59 Å². The summed E-state index contributed by atoms with van der Waals surface area (Å²) in [5.41, 5.74) is 5.88. The molecule has 5 heteroatoms. The Morgan fingerprint density at radius 1 is 1.47 bits per heavy atom. The van der Waals surface area contributed by atoms with Gasteiger partial charge in [-0.2, -0.15) is 0 Å². The van der Waals surface area contributed by atoms with Crippen LogP contribution in [0.5, 0.6) is 0 Å². The lowest BCUT2D eigenvalue weighted by atomic mass is 10.00. The number of nitrogens with one attached hydrogen (secondary N) is 1. The van der Waals surface area contributed by atoms with Crippen molar-refractivity contribution in [3.63, 3.8) is 0 Å². The molecule has 1 heterocycles. The van der Waals surface area contributed by atoms with Gasteiger partial charge in [-0.15, -0.1) is 0 Å². The maximum atomic E-state index is 11.9. The number of nitrogens with zero attached hydrogens (tertiary/aromatic N) is 1. The summed E-state index contributed by atoms with van der Waals surface area (Å²) in [7, 11) is 0. The van der Waals surface area contributed by atoms with Crippen LogP contribution in [0, 0.1) is 5.92 Å². The predicted octanol–water partition coefficient (Wildman–Crippen LogP) is 1.13. The van der Waals surface area contributed by atoms with Gasteiger partial charge < -0.3 is 15.6 Å². The fourth-order valence-electron chi connectivity index (χ4n) is 2.70. The number of pyridine rings is 1. The minimum Gasteiger partial charge on any atom is -0.398 e. The molecule has 0 radical (unpaired) electrons. The molecule has 104 valence electrons. The van der Waals surface area contributed by atoms with Crippen molar-refractivity contribution in [2.75, 3.05) is 5.73 Å². The SMILES string of the molecule is CC(NC(=O)Cn1cc(N)ccc1=O)C1CCCC1. The second kappa shape index (κ2) is 5.91. The van der Waals surface area contributed by atoms with Gasteiger partial charge in [-0.05, 0) is 31.7 Å². The molecule has 1 aliphatic carbocycles. The van der Waals surface area contributed by atoms with Crippen molar-refractivity contribution < 1.29 is 4.79 Å². The Morgan fingerprint density at radius 2 is 2.16 bits per heavy atom. The molecule has 5 nitrogen and oxygen atoms in total. The Kier molecular flexibility index (Phi) is 4.24.